The fourth-order valence-corrected chi connectivity index (χ4v) is 2.48. The molecule has 17 heavy (non-hydrogen) atoms. The number of hydrogen-bond donors (Lipinski definition) is 2. The summed E-state index contributed by atoms with van der Waals surface area (Å²) in [5, 5.41) is 20.3. The first kappa shape index (κ1) is 14.2. The second-order valence-corrected chi connectivity index (χ2v) is 6.10. The standard InChI is InChI=1S/C15H24O2/c1-6-14(4,16)11-8-12-13(2,3)9-7-10-15(12,5)17/h6,11,16-17H,1,7,9-10H2,2-5H3/t8?,14?,15-/m1/s1. The molecule has 2 atom stereocenters. The van der Waals surface area contributed by atoms with E-state index in [1.807, 2.05) is 6.92 Å². The van der Waals surface area contributed by atoms with Crippen LogP contribution in [0.4, 0.5) is 0 Å². The molecule has 0 saturated heterocycles. The molecule has 0 aromatic carbocycles. The predicted molar refractivity (Wildman–Crippen MR) is 70.7 cm³/mol. The smallest absolute Gasteiger partial charge is 0.105 e. The summed E-state index contributed by atoms with van der Waals surface area (Å²) in [5.74, 6) is 0. The Morgan fingerprint density at radius 2 is 1.94 bits per heavy atom. The summed E-state index contributed by atoms with van der Waals surface area (Å²) in [6.07, 6.45) is 5.85. The second-order valence-electron chi connectivity index (χ2n) is 6.10. The molecular weight excluding hydrogens is 212 g/mol. The van der Waals surface area contributed by atoms with Crippen molar-refractivity contribution in [2.75, 3.05) is 0 Å². The number of aliphatic hydroxyl groups is 2. The monoisotopic (exact) mass is 236 g/mol. The minimum atomic E-state index is -1.07. The largest absolute Gasteiger partial charge is 0.385 e. The van der Waals surface area contributed by atoms with Crippen LogP contribution in [0.2, 0.25) is 0 Å². The van der Waals surface area contributed by atoms with Crippen molar-refractivity contribution in [2.24, 2.45) is 5.41 Å². The molecule has 0 spiro atoms. The van der Waals surface area contributed by atoms with E-state index < -0.39 is 11.2 Å². The Hall–Kier alpha value is -0.820. The zero-order chi connectivity index (χ0) is 13.3. The van der Waals surface area contributed by atoms with Crippen LogP contribution in [0.3, 0.4) is 0 Å². The lowest BCUT2D eigenvalue weighted by Gasteiger charge is -2.41. The van der Waals surface area contributed by atoms with Crippen LogP contribution in [0.15, 0.2) is 30.0 Å². The molecule has 0 amide bonds. The van der Waals surface area contributed by atoms with Crippen molar-refractivity contribution < 1.29 is 10.2 Å². The molecule has 1 aliphatic rings. The van der Waals surface area contributed by atoms with Gasteiger partial charge in [-0.3, -0.25) is 0 Å². The molecule has 1 rings (SSSR count). The minimum Gasteiger partial charge on any atom is -0.385 e. The number of rotatable bonds is 2. The van der Waals surface area contributed by atoms with E-state index in [2.05, 4.69) is 26.2 Å². The SMILES string of the molecule is C=CC(C)(O)C=C=C1C(C)(C)CCC[C@@]1(C)O. The molecule has 2 heteroatoms. The van der Waals surface area contributed by atoms with E-state index in [9.17, 15) is 10.2 Å². The average molecular weight is 236 g/mol. The third-order valence-corrected chi connectivity index (χ3v) is 3.60. The molecule has 1 aliphatic carbocycles. The fourth-order valence-electron chi connectivity index (χ4n) is 2.48. The van der Waals surface area contributed by atoms with Crippen LogP contribution in [0, 0.1) is 5.41 Å². The van der Waals surface area contributed by atoms with Gasteiger partial charge in [0.15, 0.2) is 0 Å². The zero-order valence-corrected chi connectivity index (χ0v) is 11.4. The van der Waals surface area contributed by atoms with Gasteiger partial charge < -0.3 is 10.2 Å². The van der Waals surface area contributed by atoms with Gasteiger partial charge in [0.05, 0.1) is 5.60 Å². The molecule has 1 unspecified atom stereocenters. The lowest BCUT2D eigenvalue weighted by atomic mass is 9.66. The Labute approximate surface area is 104 Å². The minimum absolute atomic E-state index is 0.0739. The van der Waals surface area contributed by atoms with E-state index in [1.54, 1.807) is 13.0 Å². The summed E-state index contributed by atoms with van der Waals surface area (Å²) in [4.78, 5) is 0. The summed E-state index contributed by atoms with van der Waals surface area (Å²) >= 11 is 0. The van der Waals surface area contributed by atoms with Gasteiger partial charge in [-0.05, 0) is 44.6 Å². The molecular formula is C15H24O2. The van der Waals surface area contributed by atoms with E-state index in [-0.39, 0.29) is 5.41 Å². The first-order valence-electron chi connectivity index (χ1n) is 6.18. The highest BCUT2D eigenvalue weighted by Gasteiger charge is 2.40. The maximum atomic E-state index is 10.4. The Kier molecular flexibility index (Phi) is 3.73. The van der Waals surface area contributed by atoms with Crippen molar-refractivity contribution in [1.82, 2.24) is 0 Å². The topological polar surface area (TPSA) is 40.5 Å². The van der Waals surface area contributed by atoms with Gasteiger partial charge >= 0.3 is 0 Å². The van der Waals surface area contributed by atoms with Crippen molar-refractivity contribution in [3.63, 3.8) is 0 Å². The Balaban J connectivity index is 3.23. The molecule has 0 aromatic rings. The molecule has 2 nitrogen and oxygen atoms in total. The summed E-state index contributed by atoms with van der Waals surface area (Å²) in [7, 11) is 0. The Morgan fingerprint density at radius 3 is 2.41 bits per heavy atom. The van der Waals surface area contributed by atoms with Crippen LogP contribution in [-0.4, -0.2) is 21.4 Å². The van der Waals surface area contributed by atoms with E-state index >= 15 is 0 Å². The molecule has 2 N–H and O–H groups in total. The van der Waals surface area contributed by atoms with Gasteiger partial charge in [-0.1, -0.05) is 26.5 Å². The average Bonchev–Trinajstić information content (AvgIpc) is 2.14. The zero-order valence-electron chi connectivity index (χ0n) is 11.4. The molecule has 0 aliphatic heterocycles. The summed E-state index contributed by atoms with van der Waals surface area (Å²) in [6, 6.07) is 0. The van der Waals surface area contributed by atoms with Crippen molar-refractivity contribution >= 4 is 0 Å². The van der Waals surface area contributed by atoms with E-state index in [0.29, 0.717) is 0 Å². The molecule has 0 bridgehead atoms. The van der Waals surface area contributed by atoms with Crippen LogP contribution >= 0.6 is 0 Å². The lowest BCUT2D eigenvalue weighted by Crippen LogP contribution is -2.39. The van der Waals surface area contributed by atoms with Crippen LogP contribution in [-0.2, 0) is 0 Å². The molecule has 96 valence electrons. The molecule has 1 saturated carbocycles. The van der Waals surface area contributed by atoms with Gasteiger partial charge in [-0.25, -0.2) is 0 Å². The first-order valence-corrected chi connectivity index (χ1v) is 6.18. The highest BCUT2D eigenvalue weighted by molar-refractivity contribution is 5.26. The lowest BCUT2D eigenvalue weighted by molar-refractivity contribution is 0.0400. The van der Waals surface area contributed by atoms with Crippen molar-refractivity contribution in [1.29, 1.82) is 0 Å². The van der Waals surface area contributed by atoms with E-state index in [4.69, 9.17) is 0 Å². The Morgan fingerprint density at radius 1 is 1.35 bits per heavy atom. The van der Waals surface area contributed by atoms with Crippen LogP contribution in [0.1, 0.15) is 47.0 Å². The van der Waals surface area contributed by atoms with Crippen LogP contribution in [0.25, 0.3) is 0 Å². The molecule has 0 radical (unpaired) electrons. The quantitative estimate of drug-likeness (QED) is 0.571. The van der Waals surface area contributed by atoms with Gasteiger partial charge in [-0.15, -0.1) is 5.73 Å². The van der Waals surface area contributed by atoms with E-state index in [1.165, 1.54) is 6.08 Å². The summed E-state index contributed by atoms with van der Waals surface area (Å²) in [5.41, 5.74) is 2.02. The first-order chi connectivity index (χ1) is 7.61. The third kappa shape index (κ3) is 3.32. The van der Waals surface area contributed by atoms with Crippen molar-refractivity contribution in [2.45, 2.75) is 58.2 Å². The Bertz CT molecular complexity index is 348. The molecule has 0 aromatic heterocycles. The fraction of sp³-hybridized carbons (Fsp3) is 0.667. The van der Waals surface area contributed by atoms with Gasteiger partial charge in [0.25, 0.3) is 0 Å². The maximum absolute atomic E-state index is 10.4. The number of hydrogen-bond acceptors (Lipinski definition) is 2. The normalized spacial score (nSPS) is 31.3. The van der Waals surface area contributed by atoms with Crippen LogP contribution in [0.5, 0.6) is 0 Å². The predicted octanol–water partition coefficient (Wildman–Crippen LogP) is 2.97. The van der Waals surface area contributed by atoms with Gasteiger partial charge in [0.2, 0.25) is 0 Å². The third-order valence-electron chi connectivity index (χ3n) is 3.60. The van der Waals surface area contributed by atoms with Gasteiger partial charge in [-0.2, -0.15) is 0 Å². The highest BCUT2D eigenvalue weighted by Crippen LogP contribution is 2.45. The van der Waals surface area contributed by atoms with Gasteiger partial charge in [0.1, 0.15) is 5.60 Å². The van der Waals surface area contributed by atoms with E-state index in [0.717, 1.165) is 24.8 Å². The second kappa shape index (κ2) is 4.45. The molecule has 1 fully saturated rings. The molecule has 0 heterocycles. The highest BCUT2D eigenvalue weighted by atomic mass is 16.3. The van der Waals surface area contributed by atoms with Gasteiger partial charge in [0, 0.05) is 5.57 Å². The summed E-state index contributed by atoms with van der Waals surface area (Å²) in [6.45, 7) is 11.3. The van der Waals surface area contributed by atoms with Crippen molar-refractivity contribution in [3.8, 4) is 0 Å². The summed E-state index contributed by atoms with van der Waals surface area (Å²) < 4.78 is 0. The maximum Gasteiger partial charge on any atom is 0.105 e. The van der Waals surface area contributed by atoms with Crippen LogP contribution < -0.4 is 0 Å². The van der Waals surface area contributed by atoms with Crippen molar-refractivity contribution in [3.05, 3.63) is 30.0 Å².